The molecule has 4 heteroatoms. The number of hydrogen-bond donors (Lipinski definition) is 1. The van der Waals surface area contributed by atoms with Gasteiger partial charge in [-0.05, 0) is 95.9 Å². The van der Waals surface area contributed by atoms with Crippen LogP contribution in [0.1, 0.15) is 60.3 Å². The number of carboxylic acids is 1. The van der Waals surface area contributed by atoms with E-state index in [0.717, 1.165) is 37.7 Å². The molecule has 1 fully saturated rings. The van der Waals surface area contributed by atoms with Gasteiger partial charge in [-0.2, -0.15) is 0 Å². The monoisotopic (exact) mass is 458 g/mol. The first-order valence-electron chi connectivity index (χ1n) is 12.2. The number of carboxylic acid groups (broad SMARTS) is 1. The molecule has 1 N–H and O–H groups in total. The fourth-order valence-electron chi connectivity index (χ4n) is 5.63. The number of methoxy groups -OCH3 is 1. The lowest BCUT2D eigenvalue weighted by molar-refractivity contribution is -0.142. The molecule has 3 unspecified atom stereocenters. The van der Waals surface area contributed by atoms with E-state index in [9.17, 15) is 14.3 Å². The van der Waals surface area contributed by atoms with Crippen LogP contribution >= 0.6 is 0 Å². The molecule has 3 aromatic carbocycles. The zero-order valence-electron chi connectivity index (χ0n) is 19.8. The molecule has 3 nitrogen and oxygen atoms in total. The highest BCUT2D eigenvalue weighted by Gasteiger charge is 2.39. The van der Waals surface area contributed by atoms with Gasteiger partial charge < -0.3 is 9.84 Å². The number of aryl methyl sites for hydroxylation is 1. The third-order valence-corrected chi connectivity index (χ3v) is 7.77. The smallest absolute Gasteiger partial charge is 0.306 e. The summed E-state index contributed by atoms with van der Waals surface area (Å²) in [4.78, 5) is 11.7. The minimum Gasteiger partial charge on any atom is -0.497 e. The molecule has 0 heterocycles. The van der Waals surface area contributed by atoms with Crippen LogP contribution in [0.25, 0.3) is 11.1 Å². The molecule has 34 heavy (non-hydrogen) atoms. The quantitative estimate of drug-likeness (QED) is 0.415. The van der Waals surface area contributed by atoms with E-state index >= 15 is 0 Å². The van der Waals surface area contributed by atoms with Crippen molar-refractivity contribution >= 4 is 5.97 Å². The van der Waals surface area contributed by atoms with Crippen molar-refractivity contribution in [3.05, 3.63) is 88.7 Å². The van der Waals surface area contributed by atoms with Crippen molar-refractivity contribution in [2.75, 3.05) is 7.11 Å². The molecule has 0 aromatic heterocycles. The number of benzene rings is 3. The second-order valence-electron chi connectivity index (χ2n) is 9.93. The molecule has 5 rings (SSSR count). The predicted octanol–water partition coefficient (Wildman–Crippen LogP) is 6.99. The molecule has 2 aliphatic carbocycles. The van der Waals surface area contributed by atoms with E-state index in [-0.39, 0.29) is 17.7 Å². The van der Waals surface area contributed by atoms with E-state index in [1.807, 2.05) is 19.1 Å². The average molecular weight is 459 g/mol. The highest BCUT2D eigenvalue weighted by Crippen LogP contribution is 2.47. The van der Waals surface area contributed by atoms with E-state index in [1.54, 1.807) is 19.2 Å². The summed E-state index contributed by atoms with van der Waals surface area (Å²) in [5, 5.41) is 9.64. The first-order valence-corrected chi connectivity index (χ1v) is 12.2. The van der Waals surface area contributed by atoms with Crippen LogP contribution in [0, 0.1) is 17.7 Å². The maximum absolute atomic E-state index is 14.4. The lowest BCUT2D eigenvalue weighted by Crippen LogP contribution is -2.21. The van der Waals surface area contributed by atoms with E-state index in [2.05, 4.69) is 30.3 Å². The average Bonchev–Trinajstić information content (AvgIpc) is 3.69. The van der Waals surface area contributed by atoms with Gasteiger partial charge in [-0.3, -0.25) is 4.79 Å². The van der Waals surface area contributed by atoms with Gasteiger partial charge in [0.2, 0.25) is 0 Å². The van der Waals surface area contributed by atoms with E-state index in [4.69, 9.17) is 4.74 Å². The van der Waals surface area contributed by atoms with Gasteiger partial charge in [0, 0.05) is 5.56 Å². The lowest BCUT2D eigenvalue weighted by atomic mass is 9.76. The van der Waals surface area contributed by atoms with Gasteiger partial charge in [-0.15, -0.1) is 0 Å². The molecule has 0 bridgehead atoms. The Kier molecular flexibility index (Phi) is 6.16. The van der Waals surface area contributed by atoms with Gasteiger partial charge in [-0.25, -0.2) is 4.39 Å². The summed E-state index contributed by atoms with van der Waals surface area (Å²) < 4.78 is 19.6. The fraction of sp³-hybridized carbons (Fsp3) is 0.367. The van der Waals surface area contributed by atoms with Crippen molar-refractivity contribution in [1.82, 2.24) is 0 Å². The third-order valence-electron chi connectivity index (χ3n) is 7.77. The molecule has 0 spiro atoms. The number of aliphatic carboxylic acids is 1. The number of fused-ring (bicyclic) bond motifs is 1. The van der Waals surface area contributed by atoms with Crippen LogP contribution in [0.3, 0.4) is 0 Å². The molecule has 1 saturated carbocycles. The van der Waals surface area contributed by atoms with Gasteiger partial charge in [-0.1, -0.05) is 49.4 Å². The summed E-state index contributed by atoms with van der Waals surface area (Å²) in [5.74, 6) is 0.307. The Bertz CT molecular complexity index is 1200. The molecule has 3 aromatic rings. The van der Waals surface area contributed by atoms with Crippen molar-refractivity contribution in [3.8, 4) is 16.9 Å². The van der Waals surface area contributed by atoms with Gasteiger partial charge in [0.25, 0.3) is 0 Å². The van der Waals surface area contributed by atoms with E-state index in [1.165, 1.54) is 28.3 Å². The SMILES string of the molecule is COc1ccc(F)c(-c2ccc(C3CCc4ccc(C(C5CC5)C(C)C(=O)O)cc4C3)cc2)c1. The zero-order valence-corrected chi connectivity index (χ0v) is 19.8. The summed E-state index contributed by atoms with van der Waals surface area (Å²) in [7, 11) is 1.58. The predicted molar refractivity (Wildman–Crippen MR) is 132 cm³/mol. The zero-order chi connectivity index (χ0) is 23.8. The van der Waals surface area contributed by atoms with Gasteiger partial charge in [0.05, 0.1) is 13.0 Å². The first-order chi connectivity index (χ1) is 16.4. The number of ether oxygens (including phenoxy) is 1. The van der Waals surface area contributed by atoms with Crippen LogP contribution < -0.4 is 4.74 Å². The Morgan fingerprint density at radius 3 is 2.44 bits per heavy atom. The first kappa shape index (κ1) is 22.6. The minimum absolute atomic E-state index is 0.0974. The van der Waals surface area contributed by atoms with Crippen LogP contribution in [0.2, 0.25) is 0 Å². The fourth-order valence-corrected chi connectivity index (χ4v) is 5.63. The summed E-state index contributed by atoms with van der Waals surface area (Å²) in [6.07, 6.45) is 5.31. The van der Waals surface area contributed by atoms with Gasteiger partial charge in [0.15, 0.2) is 0 Å². The van der Waals surface area contributed by atoms with Crippen molar-refractivity contribution in [2.45, 2.75) is 50.9 Å². The maximum atomic E-state index is 14.4. The highest BCUT2D eigenvalue weighted by molar-refractivity contribution is 5.71. The van der Waals surface area contributed by atoms with E-state index < -0.39 is 5.97 Å². The number of halogens is 1. The van der Waals surface area contributed by atoms with Gasteiger partial charge in [0.1, 0.15) is 11.6 Å². The second kappa shape index (κ2) is 9.25. The third kappa shape index (κ3) is 4.46. The molecule has 0 saturated heterocycles. The molecule has 176 valence electrons. The maximum Gasteiger partial charge on any atom is 0.306 e. The van der Waals surface area contributed by atoms with Crippen LogP contribution in [-0.2, 0) is 17.6 Å². The summed E-state index contributed by atoms with van der Waals surface area (Å²) in [6, 6.07) is 19.7. The normalized spacial score (nSPS) is 19.2. The summed E-state index contributed by atoms with van der Waals surface area (Å²) in [6.45, 7) is 1.85. The van der Waals surface area contributed by atoms with Crippen LogP contribution in [0.15, 0.2) is 60.7 Å². The second-order valence-corrected chi connectivity index (χ2v) is 9.93. The Morgan fingerprint density at radius 1 is 1.00 bits per heavy atom. The molecule has 2 aliphatic rings. The van der Waals surface area contributed by atoms with Crippen molar-refractivity contribution in [2.24, 2.45) is 11.8 Å². The molecule has 0 aliphatic heterocycles. The number of hydrogen-bond acceptors (Lipinski definition) is 2. The van der Waals surface area contributed by atoms with E-state index in [0.29, 0.717) is 23.1 Å². The molecule has 3 atom stereocenters. The van der Waals surface area contributed by atoms with Crippen LogP contribution in [-0.4, -0.2) is 18.2 Å². The van der Waals surface area contributed by atoms with Crippen LogP contribution in [0.4, 0.5) is 4.39 Å². The van der Waals surface area contributed by atoms with Crippen molar-refractivity contribution < 1.29 is 19.0 Å². The summed E-state index contributed by atoms with van der Waals surface area (Å²) >= 11 is 0. The molecular weight excluding hydrogens is 427 g/mol. The van der Waals surface area contributed by atoms with Crippen LogP contribution in [0.5, 0.6) is 5.75 Å². The molecule has 0 radical (unpaired) electrons. The minimum atomic E-state index is -0.708. The Balaban J connectivity index is 1.37. The Hall–Kier alpha value is -3.14. The Labute approximate surface area is 200 Å². The summed E-state index contributed by atoms with van der Waals surface area (Å²) in [5.41, 5.74) is 6.56. The highest BCUT2D eigenvalue weighted by atomic mass is 19.1. The standard InChI is InChI=1S/C30H31FO3/c1-18(30(32)33)29(22-9-10-22)24-12-6-20-5-11-23(15-25(20)16-24)19-3-7-21(8-4-19)27-17-26(34-2)13-14-28(27)31/h3-4,6-8,12-14,16-18,22-23,29H,5,9-11,15H2,1-2H3,(H,32,33). The largest absolute Gasteiger partial charge is 0.497 e. The Morgan fingerprint density at radius 2 is 1.76 bits per heavy atom. The number of rotatable bonds is 7. The van der Waals surface area contributed by atoms with Crippen molar-refractivity contribution in [1.29, 1.82) is 0 Å². The van der Waals surface area contributed by atoms with Crippen molar-refractivity contribution in [3.63, 3.8) is 0 Å². The van der Waals surface area contributed by atoms with Gasteiger partial charge >= 0.3 is 5.97 Å². The molecular formula is C30H31FO3. The topological polar surface area (TPSA) is 46.5 Å². The number of carbonyl (C=O) groups is 1. The lowest BCUT2D eigenvalue weighted by Gasteiger charge is -2.28. The molecule has 0 amide bonds.